The molecule has 0 spiro atoms. The summed E-state index contributed by atoms with van der Waals surface area (Å²) >= 11 is 0. The summed E-state index contributed by atoms with van der Waals surface area (Å²) in [4.78, 5) is 19.3. The van der Waals surface area contributed by atoms with Gasteiger partial charge in [-0.1, -0.05) is 31.9 Å². The van der Waals surface area contributed by atoms with Gasteiger partial charge >= 0.3 is 0 Å². The first kappa shape index (κ1) is 21.6. The molecule has 1 aromatic rings. The third kappa shape index (κ3) is 5.53. The Kier molecular flexibility index (Phi) is 7.28. The maximum Gasteiger partial charge on any atom is 0.222 e. The lowest BCUT2D eigenvalue weighted by Crippen LogP contribution is -2.47. The third-order valence-electron chi connectivity index (χ3n) is 8.00. The molecule has 164 valence electrons. The quantitative estimate of drug-likeness (QED) is 0.392. The van der Waals surface area contributed by atoms with E-state index in [4.69, 9.17) is 0 Å². The molecule has 1 heterocycles. The van der Waals surface area contributed by atoms with Crippen LogP contribution in [0.15, 0.2) is 30.6 Å². The lowest BCUT2D eigenvalue weighted by atomic mass is 9.49. The largest absolute Gasteiger partial charge is 0.343 e. The molecule has 0 saturated heterocycles. The number of rotatable bonds is 11. The van der Waals surface area contributed by atoms with Crippen molar-refractivity contribution in [2.24, 2.45) is 23.2 Å². The molecule has 1 aromatic heterocycles. The molecule has 5 rings (SSSR count). The molecule has 3 nitrogen and oxygen atoms in total. The fraction of sp³-hybridized carbons (Fsp3) is 0.704. The molecule has 0 radical (unpaired) electrons. The first-order valence-corrected chi connectivity index (χ1v) is 12.5. The first-order chi connectivity index (χ1) is 14.7. The Labute approximate surface area is 183 Å². The number of amides is 1. The van der Waals surface area contributed by atoms with Crippen molar-refractivity contribution in [3.63, 3.8) is 0 Å². The molecule has 1 amide bonds. The van der Waals surface area contributed by atoms with Crippen molar-refractivity contribution in [3.05, 3.63) is 36.2 Å². The SMILES string of the molecule is CCCCCN(CCC12CC3CC(CC(C3)C1)C2)C(=O)CC/C=C/c1ccncc1. The van der Waals surface area contributed by atoms with Crippen LogP contribution in [0.5, 0.6) is 0 Å². The van der Waals surface area contributed by atoms with Gasteiger partial charge in [0, 0.05) is 31.9 Å². The van der Waals surface area contributed by atoms with E-state index in [9.17, 15) is 4.79 Å². The van der Waals surface area contributed by atoms with Gasteiger partial charge < -0.3 is 4.90 Å². The molecule has 0 atom stereocenters. The van der Waals surface area contributed by atoms with Crippen molar-refractivity contribution in [1.29, 1.82) is 0 Å². The molecular formula is C27H40N2O. The van der Waals surface area contributed by atoms with Gasteiger partial charge in [0.25, 0.3) is 0 Å². The average Bonchev–Trinajstić information content (AvgIpc) is 2.73. The van der Waals surface area contributed by atoms with Crippen LogP contribution in [-0.4, -0.2) is 28.9 Å². The van der Waals surface area contributed by atoms with Crippen LogP contribution in [0.1, 0.15) is 89.5 Å². The van der Waals surface area contributed by atoms with Crippen molar-refractivity contribution < 1.29 is 4.79 Å². The smallest absolute Gasteiger partial charge is 0.222 e. The molecule has 4 fully saturated rings. The Balaban J connectivity index is 1.29. The molecule has 4 aliphatic carbocycles. The summed E-state index contributed by atoms with van der Waals surface area (Å²) in [6.45, 7) is 4.18. The number of carbonyl (C=O) groups is 1. The summed E-state index contributed by atoms with van der Waals surface area (Å²) in [5.74, 6) is 3.35. The number of hydrogen-bond acceptors (Lipinski definition) is 2. The van der Waals surface area contributed by atoms with E-state index in [-0.39, 0.29) is 0 Å². The zero-order chi connectivity index (χ0) is 20.8. The number of aromatic nitrogens is 1. The summed E-state index contributed by atoms with van der Waals surface area (Å²) in [5, 5.41) is 0. The molecule has 0 aliphatic heterocycles. The predicted octanol–water partition coefficient (Wildman–Crippen LogP) is 6.50. The molecule has 0 unspecified atom stereocenters. The molecular weight excluding hydrogens is 368 g/mol. The molecule has 30 heavy (non-hydrogen) atoms. The van der Waals surface area contributed by atoms with Gasteiger partial charge in [0.15, 0.2) is 0 Å². The van der Waals surface area contributed by atoms with Crippen molar-refractivity contribution >= 4 is 12.0 Å². The maximum absolute atomic E-state index is 13.0. The number of nitrogens with zero attached hydrogens (tertiary/aromatic N) is 2. The minimum absolute atomic E-state index is 0.357. The Morgan fingerprint density at radius 3 is 2.37 bits per heavy atom. The number of hydrogen-bond donors (Lipinski definition) is 0. The first-order valence-electron chi connectivity index (χ1n) is 12.5. The number of unbranched alkanes of at least 4 members (excludes halogenated alkanes) is 2. The number of pyridine rings is 1. The molecule has 0 aromatic carbocycles. The normalized spacial score (nSPS) is 29.6. The Morgan fingerprint density at radius 1 is 1.07 bits per heavy atom. The maximum atomic E-state index is 13.0. The van der Waals surface area contributed by atoms with Crippen LogP contribution >= 0.6 is 0 Å². The van der Waals surface area contributed by atoms with Crippen LogP contribution < -0.4 is 0 Å². The van der Waals surface area contributed by atoms with E-state index in [0.717, 1.165) is 49.2 Å². The standard InChI is InChI=1S/C27H40N2O/c1-2-3-6-14-29(26(30)8-5-4-7-22-9-12-28-13-10-22)15-11-27-19-23-16-24(20-27)18-25(17-23)21-27/h4,7,9-10,12-13,23-25H,2-3,5-6,8,11,14-21H2,1H3/b7-4+. The van der Waals surface area contributed by atoms with E-state index in [1.807, 2.05) is 24.5 Å². The van der Waals surface area contributed by atoms with Crippen LogP contribution in [-0.2, 0) is 4.79 Å². The molecule has 4 bridgehead atoms. The summed E-state index contributed by atoms with van der Waals surface area (Å²) in [5.41, 5.74) is 1.72. The highest BCUT2D eigenvalue weighted by Crippen LogP contribution is 2.61. The van der Waals surface area contributed by atoms with Crippen molar-refractivity contribution in [3.8, 4) is 0 Å². The van der Waals surface area contributed by atoms with Crippen molar-refractivity contribution in [1.82, 2.24) is 9.88 Å². The Hall–Kier alpha value is -1.64. The summed E-state index contributed by atoms with van der Waals surface area (Å²) in [6, 6.07) is 4.00. The zero-order valence-electron chi connectivity index (χ0n) is 18.9. The minimum Gasteiger partial charge on any atom is -0.343 e. The fourth-order valence-corrected chi connectivity index (χ4v) is 6.94. The zero-order valence-corrected chi connectivity index (χ0v) is 18.9. The highest BCUT2D eigenvalue weighted by Gasteiger charge is 2.50. The monoisotopic (exact) mass is 408 g/mol. The molecule has 0 N–H and O–H groups in total. The average molecular weight is 409 g/mol. The summed E-state index contributed by atoms with van der Waals surface area (Å²) < 4.78 is 0. The van der Waals surface area contributed by atoms with E-state index < -0.39 is 0 Å². The van der Waals surface area contributed by atoms with Gasteiger partial charge in [-0.25, -0.2) is 0 Å². The summed E-state index contributed by atoms with van der Waals surface area (Å²) in [6.07, 6.45) is 23.0. The second-order valence-electron chi connectivity index (χ2n) is 10.5. The number of carbonyl (C=O) groups excluding carboxylic acids is 1. The second-order valence-corrected chi connectivity index (χ2v) is 10.5. The highest BCUT2D eigenvalue weighted by atomic mass is 16.2. The van der Waals surface area contributed by atoms with E-state index in [1.54, 1.807) is 0 Å². The van der Waals surface area contributed by atoms with Gasteiger partial charge in [-0.05, 0) is 98.7 Å². The van der Waals surface area contributed by atoms with Gasteiger partial charge in [0.05, 0.1) is 0 Å². The molecule has 4 saturated carbocycles. The number of allylic oxidation sites excluding steroid dienone is 1. The molecule has 4 aliphatic rings. The van der Waals surface area contributed by atoms with Crippen molar-refractivity contribution in [2.75, 3.05) is 13.1 Å². The van der Waals surface area contributed by atoms with Gasteiger partial charge in [0.2, 0.25) is 5.91 Å². The van der Waals surface area contributed by atoms with E-state index in [1.165, 1.54) is 57.8 Å². The van der Waals surface area contributed by atoms with Crippen LogP contribution in [0.2, 0.25) is 0 Å². The Bertz CT molecular complexity index is 676. The van der Waals surface area contributed by atoms with Crippen LogP contribution in [0, 0.1) is 23.2 Å². The van der Waals surface area contributed by atoms with Gasteiger partial charge in [-0.3, -0.25) is 9.78 Å². The van der Waals surface area contributed by atoms with Gasteiger partial charge in [0.1, 0.15) is 0 Å². The summed E-state index contributed by atoms with van der Waals surface area (Å²) in [7, 11) is 0. The minimum atomic E-state index is 0.357. The van der Waals surface area contributed by atoms with Crippen molar-refractivity contribution in [2.45, 2.75) is 84.0 Å². The van der Waals surface area contributed by atoms with E-state index in [0.29, 0.717) is 17.7 Å². The van der Waals surface area contributed by atoms with Gasteiger partial charge in [-0.15, -0.1) is 0 Å². The van der Waals surface area contributed by atoms with Crippen LogP contribution in [0.3, 0.4) is 0 Å². The second kappa shape index (κ2) is 10.1. The van der Waals surface area contributed by atoms with Crippen LogP contribution in [0.4, 0.5) is 0 Å². The van der Waals surface area contributed by atoms with Crippen LogP contribution in [0.25, 0.3) is 6.08 Å². The highest BCUT2D eigenvalue weighted by molar-refractivity contribution is 5.76. The fourth-order valence-electron chi connectivity index (χ4n) is 6.94. The molecule has 3 heteroatoms. The lowest BCUT2D eigenvalue weighted by molar-refractivity contribution is -0.132. The third-order valence-corrected chi connectivity index (χ3v) is 8.00. The lowest BCUT2D eigenvalue weighted by Gasteiger charge is -2.57. The Morgan fingerprint density at radius 2 is 1.73 bits per heavy atom. The van der Waals surface area contributed by atoms with E-state index >= 15 is 0 Å². The van der Waals surface area contributed by atoms with Gasteiger partial charge in [-0.2, -0.15) is 0 Å². The van der Waals surface area contributed by atoms with E-state index in [2.05, 4.69) is 29.0 Å². The topological polar surface area (TPSA) is 33.2 Å². The predicted molar refractivity (Wildman–Crippen MR) is 124 cm³/mol.